The summed E-state index contributed by atoms with van der Waals surface area (Å²) in [5.74, 6) is 1.61. The van der Waals surface area contributed by atoms with Gasteiger partial charge in [0.05, 0.1) is 27.9 Å². The van der Waals surface area contributed by atoms with E-state index in [0.717, 1.165) is 36.0 Å². The van der Waals surface area contributed by atoms with Gasteiger partial charge in [0.25, 0.3) is 0 Å². The van der Waals surface area contributed by atoms with Gasteiger partial charge in [0.2, 0.25) is 0 Å². The number of pyridine rings is 1. The van der Waals surface area contributed by atoms with Crippen LogP contribution in [0.4, 0.5) is 0 Å². The van der Waals surface area contributed by atoms with Crippen LogP contribution in [0.15, 0.2) is 30.1 Å². The van der Waals surface area contributed by atoms with Crippen molar-refractivity contribution in [3.8, 4) is 17.2 Å². The molecule has 0 bridgehead atoms. The molecule has 0 aliphatic rings. The molecule has 0 spiro atoms. The molecule has 6 heteroatoms. The summed E-state index contributed by atoms with van der Waals surface area (Å²) in [6.45, 7) is 5.98. The van der Waals surface area contributed by atoms with Gasteiger partial charge in [-0.05, 0) is 64.2 Å². The van der Waals surface area contributed by atoms with E-state index in [4.69, 9.17) is 18.9 Å². The molecule has 0 aliphatic heterocycles. The van der Waals surface area contributed by atoms with Gasteiger partial charge in [0.1, 0.15) is 5.75 Å². The molecule has 0 aliphatic carbocycles. The second kappa shape index (κ2) is 12.0. The van der Waals surface area contributed by atoms with Gasteiger partial charge in [0, 0.05) is 34.7 Å². The number of ether oxygens (including phenoxy) is 4. The quantitative estimate of drug-likeness (QED) is 0.283. The lowest BCUT2D eigenvalue weighted by Gasteiger charge is -2.20. The predicted molar refractivity (Wildman–Crippen MR) is 122 cm³/mol. The summed E-state index contributed by atoms with van der Waals surface area (Å²) in [4.78, 5) is 16.8. The van der Waals surface area contributed by atoms with Crippen LogP contribution in [0.25, 0.3) is 6.08 Å². The van der Waals surface area contributed by atoms with Crippen molar-refractivity contribution < 1.29 is 23.7 Å². The smallest absolute Gasteiger partial charge is 0.334 e. The van der Waals surface area contributed by atoms with Crippen molar-refractivity contribution >= 4 is 12.0 Å². The molecule has 0 radical (unpaired) electrons. The summed E-state index contributed by atoms with van der Waals surface area (Å²) in [7, 11) is 4.82. The van der Waals surface area contributed by atoms with Gasteiger partial charge >= 0.3 is 5.97 Å². The Bertz CT molecular complexity index is 906. The van der Waals surface area contributed by atoms with Crippen molar-refractivity contribution in [3.05, 3.63) is 52.4 Å². The van der Waals surface area contributed by atoms with E-state index < -0.39 is 0 Å². The molecule has 1 aromatic carbocycles. The van der Waals surface area contributed by atoms with Gasteiger partial charge in [0.15, 0.2) is 11.5 Å². The minimum absolute atomic E-state index is 0.308. The molecule has 2 aromatic rings. The number of benzene rings is 1. The minimum Gasteiger partial charge on any atom is -0.496 e. The van der Waals surface area contributed by atoms with Crippen LogP contribution in [-0.4, -0.2) is 38.9 Å². The van der Waals surface area contributed by atoms with E-state index in [2.05, 4.69) is 11.1 Å². The maximum Gasteiger partial charge on any atom is 0.334 e. The van der Waals surface area contributed by atoms with Gasteiger partial charge in [-0.25, -0.2) is 4.79 Å². The molecule has 1 aromatic heterocycles. The zero-order valence-corrected chi connectivity index (χ0v) is 19.4. The second-order valence-corrected chi connectivity index (χ2v) is 7.22. The molecule has 0 atom stereocenters. The van der Waals surface area contributed by atoms with E-state index in [-0.39, 0.29) is 5.97 Å². The first-order valence-corrected chi connectivity index (χ1v) is 10.5. The summed E-state index contributed by atoms with van der Waals surface area (Å²) >= 11 is 0. The molecule has 31 heavy (non-hydrogen) atoms. The molecule has 0 fully saturated rings. The highest BCUT2D eigenvalue weighted by atomic mass is 16.5. The SMILES string of the molecule is CCOC(=O)/C(=C/c1c(C)c(OC)c(OC)c(C)c1OC)CCCCc1cccnc1. The number of carbonyl (C=O) groups excluding carboxylic acids is 1. The fourth-order valence-electron chi connectivity index (χ4n) is 3.69. The highest BCUT2D eigenvalue weighted by Crippen LogP contribution is 2.44. The summed E-state index contributed by atoms with van der Waals surface area (Å²) in [6.07, 6.45) is 8.84. The number of hydrogen-bond donors (Lipinski definition) is 0. The number of methoxy groups -OCH3 is 3. The Morgan fingerprint density at radius 1 is 1.00 bits per heavy atom. The van der Waals surface area contributed by atoms with E-state index >= 15 is 0 Å². The van der Waals surface area contributed by atoms with Crippen molar-refractivity contribution in [2.24, 2.45) is 0 Å². The first-order valence-electron chi connectivity index (χ1n) is 10.5. The van der Waals surface area contributed by atoms with E-state index in [9.17, 15) is 4.79 Å². The number of unbranched alkanes of at least 4 members (excludes halogenated alkanes) is 1. The maximum absolute atomic E-state index is 12.7. The molecule has 2 rings (SSSR count). The summed E-state index contributed by atoms with van der Waals surface area (Å²) in [5, 5.41) is 0. The molecule has 0 unspecified atom stereocenters. The Kier molecular flexibility index (Phi) is 9.38. The number of aryl methyl sites for hydroxylation is 1. The lowest BCUT2D eigenvalue weighted by molar-refractivity contribution is -0.138. The van der Waals surface area contributed by atoms with Gasteiger partial charge in [-0.1, -0.05) is 6.07 Å². The van der Waals surface area contributed by atoms with Crippen LogP contribution in [0.3, 0.4) is 0 Å². The Morgan fingerprint density at radius 2 is 1.68 bits per heavy atom. The van der Waals surface area contributed by atoms with Crippen LogP contribution in [-0.2, 0) is 16.0 Å². The minimum atomic E-state index is -0.308. The van der Waals surface area contributed by atoms with Crippen molar-refractivity contribution in [2.75, 3.05) is 27.9 Å². The van der Waals surface area contributed by atoms with Gasteiger partial charge in [-0.15, -0.1) is 0 Å². The summed E-state index contributed by atoms with van der Waals surface area (Å²) in [5.41, 5.74) is 4.27. The average Bonchev–Trinajstić information content (AvgIpc) is 2.78. The Hall–Kier alpha value is -3.02. The number of esters is 1. The third-order valence-corrected chi connectivity index (χ3v) is 5.23. The Balaban J connectivity index is 2.36. The van der Waals surface area contributed by atoms with Crippen LogP contribution in [0, 0.1) is 13.8 Å². The molecule has 1 heterocycles. The van der Waals surface area contributed by atoms with Gasteiger partial charge in [-0.2, -0.15) is 0 Å². The van der Waals surface area contributed by atoms with E-state index in [0.29, 0.717) is 35.8 Å². The van der Waals surface area contributed by atoms with E-state index in [1.165, 1.54) is 5.56 Å². The number of aromatic nitrogens is 1. The summed E-state index contributed by atoms with van der Waals surface area (Å²) in [6, 6.07) is 4.00. The first-order chi connectivity index (χ1) is 15.0. The standard InChI is InChI=1S/C25H33NO5/c1-7-31-25(27)20(13-9-8-11-19-12-10-14-26-16-19)15-21-17(2)23(29-5)24(30-6)18(3)22(21)28-4/h10,12,14-16H,7-9,11,13H2,1-6H3/b20-15+. The van der Waals surface area contributed by atoms with Crippen LogP contribution < -0.4 is 14.2 Å². The van der Waals surface area contributed by atoms with Crippen LogP contribution in [0.2, 0.25) is 0 Å². The van der Waals surface area contributed by atoms with E-state index in [1.807, 2.05) is 39.1 Å². The second-order valence-electron chi connectivity index (χ2n) is 7.22. The highest BCUT2D eigenvalue weighted by molar-refractivity contribution is 5.95. The van der Waals surface area contributed by atoms with Crippen LogP contribution >= 0.6 is 0 Å². The lowest BCUT2D eigenvalue weighted by atomic mass is 9.96. The molecule has 6 nitrogen and oxygen atoms in total. The molecule has 0 amide bonds. The molecule has 0 saturated carbocycles. The molecule has 168 valence electrons. The number of hydrogen-bond acceptors (Lipinski definition) is 6. The van der Waals surface area contributed by atoms with Crippen LogP contribution in [0.5, 0.6) is 17.2 Å². The van der Waals surface area contributed by atoms with Crippen molar-refractivity contribution in [1.82, 2.24) is 4.98 Å². The fourth-order valence-corrected chi connectivity index (χ4v) is 3.69. The largest absolute Gasteiger partial charge is 0.496 e. The molecule has 0 N–H and O–H groups in total. The van der Waals surface area contributed by atoms with Crippen molar-refractivity contribution in [3.63, 3.8) is 0 Å². The van der Waals surface area contributed by atoms with Gasteiger partial charge < -0.3 is 18.9 Å². The Labute approximate surface area is 185 Å². The zero-order chi connectivity index (χ0) is 22.8. The topological polar surface area (TPSA) is 66.9 Å². The highest BCUT2D eigenvalue weighted by Gasteiger charge is 2.22. The van der Waals surface area contributed by atoms with Crippen molar-refractivity contribution in [2.45, 2.75) is 46.5 Å². The zero-order valence-electron chi connectivity index (χ0n) is 19.4. The first kappa shape index (κ1) is 24.3. The summed E-state index contributed by atoms with van der Waals surface area (Å²) < 4.78 is 22.1. The molecular weight excluding hydrogens is 394 g/mol. The maximum atomic E-state index is 12.7. The lowest BCUT2D eigenvalue weighted by Crippen LogP contribution is -2.09. The average molecular weight is 428 g/mol. The Morgan fingerprint density at radius 3 is 2.26 bits per heavy atom. The van der Waals surface area contributed by atoms with Crippen LogP contribution in [0.1, 0.15) is 48.4 Å². The monoisotopic (exact) mass is 427 g/mol. The fraction of sp³-hybridized carbons (Fsp3) is 0.440. The van der Waals surface area contributed by atoms with Crippen molar-refractivity contribution in [1.29, 1.82) is 0 Å². The normalized spacial score (nSPS) is 11.2. The molecular formula is C25H33NO5. The van der Waals surface area contributed by atoms with E-state index in [1.54, 1.807) is 27.5 Å². The predicted octanol–water partition coefficient (Wildman–Crippen LogP) is 5.08. The third kappa shape index (κ3) is 6.00. The number of rotatable bonds is 11. The third-order valence-electron chi connectivity index (χ3n) is 5.23. The molecule has 0 saturated heterocycles. The number of nitrogens with zero attached hydrogens (tertiary/aromatic N) is 1. The number of carbonyl (C=O) groups is 1. The van der Waals surface area contributed by atoms with Gasteiger partial charge in [-0.3, -0.25) is 4.98 Å².